The van der Waals surface area contributed by atoms with Gasteiger partial charge in [-0.1, -0.05) is 12.1 Å². The molecule has 0 amide bonds. The Kier molecular flexibility index (Phi) is 6.33. The molecule has 1 fully saturated rings. The standard InChI is InChI=1S/C16H23ClN2O2/c1-2-21-16(20)8-7-15(17)13-3-5-14(6-4-13)19-11-9-18-10-12-19/h3-6,15,18H,2,7-12H2,1H3. The van der Waals surface area contributed by atoms with E-state index in [9.17, 15) is 4.79 Å². The van der Waals surface area contributed by atoms with Gasteiger partial charge in [0, 0.05) is 38.3 Å². The number of anilines is 1. The molecule has 1 N–H and O–H groups in total. The van der Waals surface area contributed by atoms with Gasteiger partial charge in [0.1, 0.15) is 0 Å². The van der Waals surface area contributed by atoms with Crippen LogP contribution < -0.4 is 10.2 Å². The van der Waals surface area contributed by atoms with E-state index in [1.165, 1.54) is 5.69 Å². The van der Waals surface area contributed by atoms with Gasteiger partial charge in [0.25, 0.3) is 0 Å². The molecular weight excluding hydrogens is 288 g/mol. The van der Waals surface area contributed by atoms with Crippen molar-refractivity contribution >= 4 is 23.3 Å². The number of carbonyl (C=O) groups is 1. The predicted molar refractivity (Wildman–Crippen MR) is 86.0 cm³/mol. The number of alkyl halides is 1. The molecule has 0 aromatic heterocycles. The first kappa shape index (κ1) is 16.1. The number of piperazine rings is 1. The van der Waals surface area contributed by atoms with Crippen LogP contribution >= 0.6 is 11.6 Å². The summed E-state index contributed by atoms with van der Waals surface area (Å²) in [7, 11) is 0. The van der Waals surface area contributed by atoms with Crippen LogP contribution in [-0.4, -0.2) is 38.8 Å². The van der Waals surface area contributed by atoms with Crippen LogP contribution in [0.25, 0.3) is 0 Å². The molecule has 1 aliphatic heterocycles. The third-order valence-electron chi connectivity index (χ3n) is 3.64. The lowest BCUT2D eigenvalue weighted by atomic mass is 10.1. The molecule has 1 atom stereocenters. The number of nitrogens with zero attached hydrogens (tertiary/aromatic N) is 1. The lowest BCUT2D eigenvalue weighted by Crippen LogP contribution is -2.43. The third-order valence-corrected chi connectivity index (χ3v) is 4.11. The Morgan fingerprint density at radius 2 is 2.00 bits per heavy atom. The molecule has 116 valence electrons. The van der Waals surface area contributed by atoms with Gasteiger partial charge in [-0.15, -0.1) is 11.6 Å². The van der Waals surface area contributed by atoms with E-state index in [4.69, 9.17) is 16.3 Å². The van der Waals surface area contributed by atoms with E-state index in [-0.39, 0.29) is 11.3 Å². The minimum atomic E-state index is -0.180. The Labute approximate surface area is 131 Å². The van der Waals surface area contributed by atoms with Crippen molar-refractivity contribution < 1.29 is 9.53 Å². The number of esters is 1. The second-order valence-corrected chi connectivity index (χ2v) is 5.67. The van der Waals surface area contributed by atoms with Crippen LogP contribution in [0.4, 0.5) is 5.69 Å². The molecule has 1 aliphatic rings. The maximum atomic E-state index is 11.3. The Bertz CT molecular complexity index is 444. The van der Waals surface area contributed by atoms with Crippen LogP contribution in [0, 0.1) is 0 Å². The number of hydrogen-bond donors (Lipinski definition) is 1. The molecule has 21 heavy (non-hydrogen) atoms. The summed E-state index contributed by atoms with van der Waals surface area (Å²) >= 11 is 6.36. The first-order valence-corrected chi connectivity index (χ1v) is 7.99. The van der Waals surface area contributed by atoms with Crippen LogP contribution in [0.2, 0.25) is 0 Å². The van der Waals surface area contributed by atoms with E-state index in [0.717, 1.165) is 31.7 Å². The minimum Gasteiger partial charge on any atom is -0.466 e. The number of carbonyl (C=O) groups excluding carboxylic acids is 1. The summed E-state index contributed by atoms with van der Waals surface area (Å²) in [6.45, 7) is 6.36. The van der Waals surface area contributed by atoms with Crippen molar-refractivity contribution in [3.8, 4) is 0 Å². The van der Waals surface area contributed by atoms with Gasteiger partial charge in [-0.05, 0) is 31.0 Å². The number of benzene rings is 1. The van der Waals surface area contributed by atoms with Crippen molar-refractivity contribution in [2.75, 3.05) is 37.7 Å². The van der Waals surface area contributed by atoms with Crippen LogP contribution in [-0.2, 0) is 9.53 Å². The zero-order chi connectivity index (χ0) is 15.1. The summed E-state index contributed by atoms with van der Waals surface area (Å²) in [6.07, 6.45) is 0.967. The van der Waals surface area contributed by atoms with Gasteiger partial charge in [0.2, 0.25) is 0 Å². The number of ether oxygens (including phenoxy) is 1. The first-order valence-electron chi connectivity index (χ1n) is 7.56. The van der Waals surface area contributed by atoms with Gasteiger partial charge < -0.3 is 15.0 Å². The van der Waals surface area contributed by atoms with Crippen LogP contribution in [0.1, 0.15) is 30.7 Å². The Morgan fingerprint density at radius 3 is 2.62 bits per heavy atom. The molecule has 0 spiro atoms. The summed E-state index contributed by atoms with van der Waals surface area (Å²) < 4.78 is 4.92. The lowest BCUT2D eigenvalue weighted by molar-refractivity contribution is -0.143. The molecule has 1 aromatic rings. The number of halogens is 1. The van der Waals surface area contributed by atoms with E-state index in [0.29, 0.717) is 19.4 Å². The molecule has 1 aromatic carbocycles. The second kappa shape index (κ2) is 8.25. The SMILES string of the molecule is CCOC(=O)CCC(Cl)c1ccc(N2CCNCC2)cc1. The van der Waals surface area contributed by atoms with Gasteiger partial charge in [-0.3, -0.25) is 4.79 Å². The smallest absolute Gasteiger partial charge is 0.305 e. The minimum absolute atomic E-state index is 0.147. The van der Waals surface area contributed by atoms with Crippen molar-refractivity contribution in [2.45, 2.75) is 25.1 Å². The molecule has 0 bridgehead atoms. The Balaban J connectivity index is 1.87. The fraction of sp³-hybridized carbons (Fsp3) is 0.562. The van der Waals surface area contributed by atoms with Gasteiger partial charge in [-0.25, -0.2) is 0 Å². The van der Waals surface area contributed by atoms with E-state index in [1.807, 2.05) is 6.92 Å². The highest BCUT2D eigenvalue weighted by atomic mass is 35.5. The molecule has 0 radical (unpaired) electrons. The average Bonchev–Trinajstić information content (AvgIpc) is 2.54. The largest absolute Gasteiger partial charge is 0.466 e. The zero-order valence-electron chi connectivity index (χ0n) is 12.5. The molecule has 0 saturated carbocycles. The monoisotopic (exact) mass is 310 g/mol. The highest BCUT2D eigenvalue weighted by molar-refractivity contribution is 6.20. The van der Waals surface area contributed by atoms with Crippen molar-refractivity contribution in [1.82, 2.24) is 5.32 Å². The average molecular weight is 311 g/mol. The van der Waals surface area contributed by atoms with Gasteiger partial charge >= 0.3 is 5.97 Å². The van der Waals surface area contributed by atoms with Crippen LogP contribution in [0.5, 0.6) is 0 Å². The zero-order valence-corrected chi connectivity index (χ0v) is 13.2. The quantitative estimate of drug-likeness (QED) is 0.648. The normalized spacial score (nSPS) is 16.6. The number of hydrogen-bond acceptors (Lipinski definition) is 4. The molecule has 1 unspecified atom stereocenters. The Hall–Kier alpha value is -1.26. The fourth-order valence-electron chi connectivity index (χ4n) is 2.46. The summed E-state index contributed by atoms with van der Waals surface area (Å²) in [6, 6.07) is 8.33. The van der Waals surface area contributed by atoms with Crippen molar-refractivity contribution in [2.24, 2.45) is 0 Å². The molecular formula is C16H23ClN2O2. The lowest BCUT2D eigenvalue weighted by Gasteiger charge is -2.29. The van der Waals surface area contributed by atoms with Crippen LogP contribution in [0.3, 0.4) is 0 Å². The highest BCUT2D eigenvalue weighted by Crippen LogP contribution is 2.27. The number of rotatable bonds is 6. The maximum Gasteiger partial charge on any atom is 0.305 e. The molecule has 1 heterocycles. The maximum absolute atomic E-state index is 11.3. The molecule has 5 heteroatoms. The highest BCUT2D eigenvalue weighted by Gasteiger charge is 2.13. The predicted octanol–water partition coefficient (Wildman–Crippen LogP) is 2.72. The topological polar surface area (TPSA) is 41.6 Å². The summed E-state index contributed by atoms with van der Waals surface area (Å²) in [5, 5.41) is 3.20. The third kappa shape index (κ3) is 4.90. The van der Waals surface area contributed by atoms with Crippen molar-refractivity contribution in [3.05, 3.63) is 29.8 Å². The molecule has 4 nitrogen and oxygen atoms in total. The first-order chi connectivity index (χ1) is 10.2. The fourth-order valence-corrected chi connectivity index (χ4v) is 2.72. The van der Waals surface area contributed by atoms with E-state index < -0.39 is 0 Å². The number of nitrogens with one attached hydrogen (secondary N) is 1. The molecule has 1 saturated heterocycles. The van der Waals surface area contributed by atoms with E-state index in [2.05, 4.69) is 34.5 Å². The van der Waals surface area contributed by atoms with E-state index >= 15 is 0 Å². The summed E-state index contributed by atoms with van der Waals surface area (Å²) in [5.41, 5.74) is 2.29. The van der Waals surface area contributed by atoms with E-state index in [1.54, 1.807) is 0 Å². The summed E-state index contributed by atoms with van der Waals surface area (Å²) in [4.78, 5) is 13.7. The molecule has 0 aliphatic carbocycles. The van der Waals surface area contributed by atoms with Gasteiger partial charge in [0.15, 0.2) is 0 Å². The van der Waals surface area contributed by atoms with Gasteiger partial charge in [0.05, 0.1) is 12.0 Å². The second-order valence-electron chi connectivity index (χ2n) is 5.14. The molecule has 2 rings (SSSR count). The van der Waals surface area contributed by atoms with Crippen molar-refractivity contribution in [1.29, 1.82) is 0 Å². The van der Waals surface area contributed by atoms with Crippen molar-refractivity contribution in [3.63, 3.8) is 0 Å². The van der Waals surface area contributed by atoms with Gasteiger partial charge in [-0.2, -0.15) is 0 Å². The van der Waals surface area contributed by atoms with Crippen LogP contribution in [0.15, 0.2) is 24.3 Å². The summed E-state index contributed by atoms with van der Waals surface area (Å²) in [5.74, 6) is -0.180. The Morgan fingerprint density at radius 1 is 1.33 bits per heavy atom.